The molecule has 0 aliphatic carbocycles. The highest BCUT2D eigenvalue weighted by atomic mass is 16.5. The van der Waals surface area contributed by atoms with E-state index in [0.29, 0.717) is 0 Å². The molecule has 0 amide bonds. The van der Waals surface area contributed by atoms with Gasteiger partial charge in [-0.3, -0.25) is 4.98 Å². The molecule has 0 radical (unpaired) electrons. The summed E-state index contributed by atoms with van der Waals surface area (Å²) in [5.41, 5.74) is 2.15. The number of benzene rings is 1. The second kappa shape index (κ2) is 5.46. The molecule has 0 fully saturated rings. The molecule has 0 unspecified atom stereocenters. The van der Waals surface area contributed by atoms with Crippen molar-refractivity contribution in [2.45, 2.75) is 26.0 Å². The molecule has 0 aliphatic rings. The minimum absolute atomic E-state index is 0.141. The number of hydrogen-bond donors (Lipinski definition) is 1. The van der Waals surface area contributed by atoms with Crippen molar-refractivity contribution < 1.29 is 4.74 Å². The summed E-state index contributed by atoms with van der Waals surface area (Å²) < 4.78 is 5.38. The molecule has 2 rings (SSSR count). The molecule has 1 aromatic carbocycles. The summed E-state index contributed by atoms with van der Waals surface area (Å²) in [4.78, 5) is 4.45. The van der Waals surface area contributed by atoms with E-state index in [1.807, 2.05) is 12.3 Å². The molecule has 96 valence electrons. The zero-order chi connectivity index (χ0) is 13.0. The average molecular weight is 244 g/mol. The van der Waals surface area contributed by atoms with Crippen LogP contribution in [0, 0.1) is 0 Å². The van der Waals surface area contributed by atoms with Crippen LogP contribution in [0.3, 0.4) is 0 Å². The van der Waals surface area contributed by atoms with E-state index in [0.717, 1.165) is 18.6 Å². The summed E-state index contributed by atoms with van der Waals surface area (Å²) in [5, 5.41) is 4.60. The fourth-order valence-corrected chi connectivity index (χ4v) is 1.88. The molecular weight excluding hydrogens is 224 g/mol. The summed E-state index contributed by atoms with van der Waals surface area (Å²) in [6, 6.07) is 10.3. The number of hydrogen-bond acceptors (Lipinski definition) is 3. The van der Waals surface area contributed by atoms with Gasteiger partial charge in [0.25, 0.3) is 0 Å². The van der Waals surface area contributed by atoms with Crippen molar-refractivity contribution in [3.05, 3.63) is 42.1 Å². The van der Waals surface area contributed by atoms with Crippen molar-refractivity contribution in [2.24, 2.45) is 0 Å². The Morgan fingerprint density at radius 2 is 2.00 bits per heavy atom. The van der Waals surface area contributed by atoms with Crippen molar-refractivity contribution >= 4 is 10.9 Å². The normalized spacial score (nSPS) is 11.9. The summed E-state index contributed by atoms with van der Waals surface area (Å²) in [7, 11) is 1.74. The zero-order valence-electron chi connectivity index (χ0n) is 11.2. The molecule has 0 bridgehead atoms. The summed E-state index contributed by atoms with van der Waals surface area (Å²) in [6.07, 6.45) is 1.84. The molecule has 0 saturated carbocycles. The molecule has 1 N–H and O–H groups in total. The highest BCUT2D eigenvalue weighted by molar-refractivity contribution is 5.81. The lowest BCUT2D eigenvalue weighted by molar-refractivity contribution is 0.0231. The molecule has 2 aromatic rings. The van der Waals surface area contributed by atoms with Crippen LogP contribution >= 0.6 is 0 Å². The first-order valence-electron chi connectivity index (χ1n) is 6.21. The Balaban J connectivity index is 2.08. The number of nitrogens with zero attached hydrogens (tertiary/aromatic N) is 1. The fraction of sp³-hybridized carbons (Fsp3) is 0.400. The van der Waals surface area contributed by atoms with Crippen LogP contribution in [0.15, 0.2) is 36.5 Å². The second-order valence-corrected chi connectivity index (χ2v) is 5.06. The number of aromatic nitrogens is 1. The maximum Gasteiger partial charge on any atom is 0.0746 e. The van der Waals surface area contributed by atoms with Crippen molar-refractivity contribution in [3.63, 3.8) is 0 Å². The van der Waals surface area contributed by atoms with Gasteiger partial charge in [0.05, 0.1) is 11.1 Å². The van der Waals surface area contributed by atoms with E-state index in [2.05, 4.69) is 48.4 Å². The summed E-state index contributed by atoms with van der Waals surface area (Å²) in [6.45, 7) is 5.76. The van der Waals surface area contributed by atoms with Gasteiger partial charge in [0, 0.05) is 31.8 Å². The Hall–Kier alpha value is -1.45. The lowest BCUT2D eigenvalue weighted by atomic mass is 10.1. The Morgan fingerprint density at radius 3 is 2.78 bits per heavy atom. The minimum Gasteiger partial charge on any atom is -0.377 e. The van der Waals surface area contributed by atoms with Gasteiger partial charge in [-0.2, -0.15) is 0 Å². The maximum absolute atomic E-state index is 5.38. The van der Waals surface area contributed by atoms with Crippen LogP contribution in [0.2, 0.25) is 0 Å². The van der Waals surface area contributed by atoms with Crippen molar-refractivity contribution in [1.82, 2.24) is 10.3 Å². The predicted octanol–water partition coefficient (Wildman–Crippen LogP) is 2.75. The van der Waals surface area contributed by atoms with E-state index < -0.39 is 0 Å². The van der Waals surface area contributed by atoms with E-state index in [4.69, 9.17) is 4.74 Å². The van der Waals surface area contributed by atoms with Crippen molar-refractivity contribution in [3.8, 4) is 0 Å². The van der Waals surface area contributed by atoms with Crippen LogP contribution in [-0.2, 0) is 11.3 Å². The van der Waals surface area contributed by atoms with E-state index in [9.17, 15) is 0 Å². The Bertz CT molecular complexity index is 517. The quantitative estimate of drug-likeness (QED) is 0.878. The first-order valence-corrected chi connectivity index (χ1v) is 6.21. The van der Waals surface area contributed by atoms with E-state index >= 15 is 0 Å². The summed E-state index contributed by atoms with van der Waals surface area (Å²) in [5.74, 6) is 0. The Labute approximate surface area is 108 Å². The van der Waals surface area contributed by atoms with Gasteiger partial charge in [-0.1, -0.05) is 24.3 Å². The molecule has 3 nitrogen and oxygen atoms in total. The van der Waals surface area contributed by atoms with E-state index in [1.54, 1.807) is 7.11 Å². The molecule has 1 heterocycles. The first-order chi connectivity index (χ1) is 8.62. The minimum atomic E-state index is -0.141. The van der Waals surface area contributed by atoms with Gasteiger partial charge in [0.15, 0.2) is 0 Å². The van der Waals surface area contributed by atoms with Gasteiger partial charge in [-0.25, -0.2) is 0 Å². The second-order valence-electron chi connectivity index (χ2n) is 5.06. The molecule has 3 heteroatoms. The van der Waals surface area contributed by atoms with Gasteiger partial charge in [-0.15, -0.1) is 0 Å². The van der Waals surface area contributed by atoms with E-state index in [1.165, 1.54) is 10.9 Å². The van der Waals surface area contributed by atoms with Crippen LogP contribution in [0.4, 0.5) is 0 Å². The van der Waals surface area contributed by atoms with Crippen LogP contribution in [-0.4, -0.2) is 24.2 Å². The first kappa shape index (κ1) is 13.0. The van der Waals surface area contributed by atoms with E-state index in [-0.39, 0.29) is 5.60 Å². The molecule has 0 spiro atoms. The molecule has 18 heavy (non-hydrogen) atoms. The average Bonchev–Trinajstić information content (AvgIpc) is 2.39. The number of fused-ring (bicyclic) bond motifs is 1. The highest BCUT2D eigenvalue weighted by Gasteiger charge is 2.15. The van der Waals surface area contributed by atoms with Gasteiger partial charge in [0.1, 0.15) is 0 Å². The molecular formula is C15H20N2O. The smallest absolute Gasteiger partial charge is 0.0746 e. The molecule has 0 saturated heterocycles. The largest absolute Gasteiger partial charge is 0.377 e. The number of rotatable bonds is 5. The molecule has 0 aliphatic heterocycles. The SMILES string of the molecule is COC(C)(C)CNCc1cccc2cccnc12. The number of pyridine rings is 1. The number of methoxy groups -OCH3 is 1. The monoisotopic (exact) mass is 244 g/mol. The number of nitrogens with one attached hydrogen (secondary N) is 1. The highest BCUT2D eigenvalue weighted by Crippen LogP contribution is 2.16. The Morgan fingerprint density at radius 1 is 1.22 bits per heavy atom. The number of ether oxygens (including phenoxy) is 1. The van der Waals surface area contributed by atoms with Gasteiger partial charge in [-0.05, 0) is 25.5 Å². The third-order valence-electron chi connectivity index (χ3n) is 3.14. The molecule has 0 atom stereocenters. The fourth-order valence-electron chi connectivity index (χ4n) is 1.88. The van der Waals surface area contributed by atoms with Crippen LogP contribution in [0.5, 0.6) is 0 Å². The predicted molar refractivity (Wildman–Crippen MR) is 74.5 cm³/mol. The lowest BCUT2D eigenvalue weighted by Gasteiger charge is -2.23. The van der Waals surface area contributed by atoms with Crippen molar-refractivity contribution in [1.29, 1.82) is 0 Å². The zero-order valence-corrected chi connectivity index (χ0v) is 11.2. The van der Waals surface area contributed by atoms with Crippen LogP contribution < -0.4 is 5.32 Å². The van der Waals surface area contributed by atoms with Gasteiger partial charge in [0.2, 0.25) is 0 Å². The lowest BCUT2D eigenvalue weighted by Crippen LogP contribution is -2.36. The van der Waals surface area contributed by atoms with Crippen LogP contribution in [0.1, 0.15) is 19.4 Å². The van der Waals surface area contributed by atoms with Crippen LogP contribution in [0.25, 0.3) is 10.9 Å². The Kier molecular flexibility index (Phi) is 3.94. The standard InChI is InChI=1S/C15H20N2O/c1-15(2,18-3)11-16-10-13-7-4-6-12-8-5-9-17-14(12)13/h4-9,16H,10-11H2,1-3H3. The maximum atomic E-state index is 5.38. The molecule has 1 aromatic heterocycles. The topological polar surface area (TPSA) is 34.1 Å². The third kappa shape index (κ3) is 3.06. The summed E-state index contributed by atoms with van der Waals surface area (Å²) >= 11 is 0. The van der Waals surface area contributed by atoms with Gasteiger partial charge >= 0.3 is 0 Å². The van der Waals surface area contributed by atoms with Gasteiger partial charge < -0.3 is 10.1 Å². The third-order valence-corrected chi connectivity index (χ3v) is 3.14. The number of para-hydroxylation sites is 1. The van der Waals surface area contributed by atoms with Crippen molar-refractivity contribution in [2.75, 3.05) is 13.7 Å².